The second-order valence-electron chi connectivity index (χ2n) is 13.0. The van der Waals surface area contributed by atoms with Crippen molar-refractivity contribution in [1.29, 1.82) is 5.26 Å². The molecule has 0 saturated carbocycles. The van der Waals surface area contributed by atoms with Gasteiger partial charge in [0.2, 0.25) is 0 Å². The fourth-order valence-corrected chi connectivity index (χ4v) is 7.65. The largest absolute Gasteiger partial charge is 0.309 e. The molecule has 10 rings (SSSR count). The van der Waals surface area contributed by atoms with Crippen LogP contribution in [0.2, 0.25) is 0 Å². The van der Waals surface area contributed by atoms with E-state index in [0.29, 0.717) is 16.9 Å². The maximum Gasteiger partial charge on any atom is 0.187 e. The number of hydrogen-bond acceptors (Lipinski definition) is 3. The summed E-state index contributed by atoms with van der Waals surface area (Å²) in [4.78, 5) is 3.58. The third-order valence-corrected chi connectivity index (χ3v) is 10.1. The predicted octanol–water partition coefficient (Wildman–Crippen LogP) is 11.2. The number of aromatic nitrogens is 5. The summed E-state index contributed by atoms with van der Waals surface area (Å²) >= 11 is 0. The molecule has 0 atom stereocenters. The van der Waals surface area contributed by atoms with Gasteiger partial charge in [-0.15, -0.1) is 5.10 Å². The van der Waals surface area contributed by atoms with Crippen LogP contribution in [-0.4, -0.2) is 24.1 Å². The van der Waals surface area contributed by atoms with Gasteiger partial charge in [0.15, 0.2) is 5.69 Å². The van der Waals surface area contributed by atoms with Crippen LogP contribution in [0.1, 0.15) is 5.56 Å². The number of nitrogens with zero attached hydrogens (tertiary/aromatic N) is 7. The lowest BCUT2D eigenvalue weighted by atomic mass is 10.0. The third-order valence-electron chi connectivity index (χ3n) is 10.1. The summed E-state index contributed by atoms with van der Waals surface area (Å²) in [5, 5.41) is 23.5. The van der Waals surface area contributed by atoms with E-state index in [4.69, 9.17) is 11.7 Å². The summed E-state index contributed by atoms with van der Waals surface area (Å²) < 4.78 is 6.52. The zero-order valence-corrected chi connectivity index (χ0v) is 28.2. The first-order valence-electron chi connectivity index (χ1n) is 17.3. The van der Waals surface area contributed by atoms with Gasteiger partial charge >= 0.3 is 0 Å². The Morgan fingerprint density at radius 1 is 0.509 bits per heavy atom. The second kappa shape index (κ2) is 11.9. The molecule has 0 aliphatic heterocycles. The van der Waals surface area contributed by atoms with Crippen LogP contribution in [0.5, 0.6) is 0 Å². The van der Waals surface area contributed by atoms with Gasteiger partial charge in [-0.25, -0.2) is 9.53 Å². The van der Waals surface area contributed by atoms with Gasteiger partial charge in [-0.05, 0) is 66.7 Å². The number of rotatable bonds is 5. The molecule has 0 fully saturated rings. The number of nitriles is 1. The van der Waals surface area contributed by atoms with Crippen molar-refractivity contribution in [3.63, 3.8) is 0 Å². The van der Waals surface area contributed by atoms with E-state index in [-0.39, 0.29) is 0 Å². The third kappa shape index (κ3) is 4.73. The van der Waals surface area contributed by atoms with Crippen LogP contribution in [0.15, 0.2) is 164 Å². The Bertz CT molecular complexity index is 3000. The molecule has 0 aliphatic carbocycles. The highest BCUT2D eigenvalue weighted by Gasteiger charge is 2.21. The van der Waals surface area contributed by atoms with E-state index in [9.17, 15) is 5.26 Å². The Morgan fingerprint density at radius 3 is 1.64 bits per heavy atom. The van der Waals surface area contributed by atoms with Gasteiger partial charge in [0.05, 0.1) is 46.0 Å². The van der Waals surface area contributed by atoms with Crippen molar-refractivity contribution in [3.8, 4) is 45.6 Å². The summed E-state index contributed by atoms with van der Waals surface area (Å²) in [7, 11) is 0. The summed E-state index contributed by atoms with van der Waals surface area (Å²) in [6, 6.07) is 58.0. The highest BCUT2D eigenvalue weighted by atomic mass is 15.4. The molecule has 0 aliphatic rings. The van der Waals surface area contributed by atoms with Gasteiger partial charge in [-0.2, -0.15) is 5.26 Å². The minimum Gasteiger partial charge on any atom is -0.309 e. The molecule has 0 unspecified atom stereocenters. The Hall–Kier alpha value is -7.74. The van der Waals surface area contributed by atoms with Gasteiger partial charge in [-0.1, -0.05) is 102 Å². The van der Waals surface area contributed by atoms with Crippen LogP contribution < -0.4 is 0 Å². The monoisotopic (exact) mass is 677 g/mol. The molecule has 0 saturated heterocycles. The average Bonchev–Trinajstić information content (AvgIpc) is 3.91. The van der Waals surface area contributed by atoms with Crippen molar-refractivity contribution >= 4 is 49.3 Å². The maximum absolute atomic E-state index is 9.46. The van der Waals surface area contributed by atoms with Crippen molar-refractivity contribution in [3.05, 3.63) is 181 Å². The Balaban J connectivity index is 1.21. The topological polar surface area (TPSA) is 68.7 Å². The minimum absolute atomic E-state index is 0.559. The molecule has 0 N–H and O–H groups in total. The van der Waals surface area contributed by atoms with Gasteiger partial charge in [0.1, 0.15) is 11.4 Å². The Kier molecular flexibility index (Phi) is 6.79. The van der Waals surface area contributed by atoms with Gasteiger partial charge in [0, 0.05) is 44.0 Å². The fraction of sp³-hybridized carbons (Fsp3) is 0. The molecule has 0 bridgehead atoms. The highest BCUT2D eigenvalue weighted by molar-refractivity contribution is 6.11. The van der Waals surface area contributed by atoms with Gasteiger partial charge < -0.3 is 9.13 Å². The zero-order chi connectivity index (χ0) is 35.5. The van der Waals surface area contributed by atoms with Crippen molar-refractivity contribution in [2.75, 3.05) is 0 Å². The molecular formula is C46H27N7. The molecule has 10 aromatic rings. The van der Waals surface area contributed by atoms with Gasteiger partial charge in [-0.3, -0.25) is 0 Å². The molecular weight excluding hydrogens is 651 g/mol. The van der Waals surface area contributed by atoms with Crippen molar-refractivity contribution in [1.82, 2.24) is 24.1 Å². The molecule has 7 nitrogen and oxygen atoms in total. The van der Waals surface area contributed by atoms with Crippen LogP contribution in [0.4, 0.5) is 5.69 Å². The molecule has 3 heterocycles. The predicted molar refractivity (Wildman–Crippen MR) is 212 cm³/mol. The molecule has 0 amide bonds. The number of benzene rings is 7. The molecule has 3 aromatic heterocycles. The number of para-hydroxylation sites is 3. The first kappa shape index (κ1) is 30.1. The lowest BCUT2D eigenvalue weighted by Gasteiger charge is -2.14. The lowest BCUT2D eigenvalue weighted by Crippen LogP contribution is -2.01. The van der Waals surface area contributed by atoms with Crippen LogP contribution in [-0.2, 0) is 0 Å². The zero-order valence-electron chi connectivity index (χ0n) is 28.2. The standard InChI is InChI=1S/C46H27N7/c1-48-33-22-19-31(20-23-33)45-46(53(50-49-45)34-24-17-30(29-47)18-25-34)32-21-26-40-39-13-4-7-16-43(39)52(44(40)27-32)36-10-8-9-35(28-36)51-41-14-5-2-11-37(41)38-12-3-6-15-42(38)51/h2-28H. The molecule has 53 heavy (non-hydrogen) atoms. The highest BCUT2D eigenvalue weighted by Crippen LogP contribution is 2.39. The van der Waals surface area contributed by atoms with Crippen molar-refractivity contribution in [2.24, 2.45) is 0 Å². The summed E-state index contributed by atoms with van der Waals surface area (Å²) in [6.45, 7) is 7.45. The quantitative estimate of drug-likeness (QED) is 0.170. The molecule has 0 spiro atoms. The summed E-state index contributed by atoms with van der Waals surface area (Å²) in [6.07, 6.45) is 0. The van der Waals surface area contributed by atoms with Gasteiger partial charge in [0.25, 0.3) is 0 Å². The van der Waals surface area contributed by atoms with Crippen LogP contribution in [0.3, 0.4) is 0 Å². The molecule has 0 radical (unpaired) electrons. The van der Waals surface area contributed by atoms with E-state index in [1.165, 1.54) is 10.8 Å². The summed E-state index contributed by atoms with van der Waals surface area (Å²) in [5.74, 6) is 0. The normalized spacial score (nSPS) is 11.4. The number of hydrogen-bond donors (Lipinski definition) is 0. The van der Waals surface area contributed by atoms with Crippen molar-refractivity contribution in [2.45, 2.75) is 0 Å². The fourth-order valence-electron chi connectivity index (χ4n) is 7.65. The molecule has 7 heteroatoms. The first-order valence-corrected chi connectivity index (χ1v) is 17.3. The van der Waals surface area contributed by atoms with E-state index in [1.807, 2.05) is 28.9 Å². The smallest absolute Gasteiger partial charge is 0.187 e. The maximum atomic E-state index is 9.46. The van der Waals surface area contributed by atoms with E-state index in [2.05, 4.69) is 141 Å². The van der Waals surface area contributed by atoms with Crippen LogP contribution in [0, 0.1) is 17.9 Å². The Morgan fingerprint density at radius 2 is 1.06 bits per heavy atom. The van der Waals surface area contributed by atoms with E-state index in [0.717, 1.165) is 66.7 Å². The Labute approximate surface area is 304 Å². The minimum atomic E-state index is 0.559. The van der Waals surface area contributed by atoms with Crippen molar-refractivity contribution < 1.29 is 0 Å². The first-order chi connectivity index (χ1) is 26.2. The van der Waals surface area contributed by atoms with E-state index >= 15 is 0 Å². The van der Waals surface area contributed by atoms with Crippen LogP contribution >= 0.6 is 0 Å². The van der Waals surface area contributed by atoms with Crippen LogP contribution in [0.25, 0.3) is 88.0 Å². The SMILES string of the molecule is [C-]#[N+]c1ccc(-c2nnn(-c3ccc(C#N)cc3)c2-c2ccc3c4ccccc4n(-c4cccc(-n5c6ccccc6c6ccccc65)c4)c3c2)cc1. The second-order valence-corrected chi connectivity index (χ2v) is 13.0. The molecule has 246 valence electrons. The summed E-state index contributed by atoms with van der Waals surface area (Å²) in [5.41, 5.74) is 11.8. The van der Waals surface area contributed by atoms with E-state index < -0.39 is 0 Å². The van der Waals surface area contributed by atoms with E-state index in [1.54, 1.807) is 24.3 Å². The number of fused-ring (bicyclic) bond motifs is 6. The molecule has 7 aromatic carbocycles. The average molecular weight is 678 g/mol. The lowest BCUT2D eigenvalue weighted by molar-refractivity contribution is 0.808.